The number of amides is 6. The van der Waals surface area contributed by atoms with Crippen molar-refractivity contribution in [3.05, 3.63) is 0 Å². The first-order chi connectivity index (χ1) is 32.2. The lowest BCUT2D eigenvalue weighted by Gasteiger charge is -2.38. The number of carboxylic acid groups (broad SMARTS) is 1. The number of fused-ring (bicyclic) bond motifs is 2. The van der Waals surface area contributed by atoms with E-state index >= 15 is 0 Å². The molecule has 4 aliphatic carbocycles. The first-order valence-corrected chi connectivity index (χ1v) is 28.8. The predicted octanol–water partition coefficient (Wildman–Crippen LogP) is 5.67. The molecule has 6 rings (SSSR count). The molecule has 12 atom stereocenters. The summed E-state index contributed by atoms with van der Waals surface area (Å²) in [4.78, 5) is 81.3. The van der Waals surface area contributed by atoms with Crippen molar-refractivity contribution in [2.45, 2.75) is 218 Å². The van der Waals surface area contributed by atoms with Gasteiger partial charge in [-0.1, -0.05) is 94.9 Å². The van der Waals surface area contributed by atoms with Crippen LogP contribution >= 0.6 is 0 Å². The highest BCUT2D eigenvalue weighted by Gasteiger charge is 2.71. The van der Waals surface area contributed by atoms with Crippen LogP contribution in [0.3, 0.4) is 0 Å². The fraction of sp³-hybridized carbons (Fsp3) is 0.882. The molecule has 0 unspecified atom stereocenters. The highest BCUT2D eigenvalue weighted by molar-refractivity contribution is 7.93. The molecule has 5 N–H and O–H groups in total. The Morgan fingerprint density at radius 2 is 0.887 bits per heavy atom. The Morgan fingerprint density at radius 3 is 1.20 bits per heavy atom. The molecule has 18 nitrogen and oxygen atoms in total. The third kappa shape index (κ3) is 11.5. The van der Waals surface area contributed by atoms with Gasteiger partial charge in [-0.2, -0.15) is 0 Å². The summed E-state index contributed by atoms with van der Waals surface area (Å²) in [5.74, 6) is -1.90. The van der Waals surface area contributed by atoms with Gasteiger partial charge >= 0.3 is 24.0 Å². The average molecular weight is 1040 g/mol. The molecule has 0 aromatic heterocycles. The summed E-state index contributed by atoms with van der Waals surface area (Å²) in [6.45, 7) is 30.1. The molecule has 6 aliphatic rings. The van der Waals surface area contributed by atoms with Gasteiger partial charge in [0.25, 0.3) is 0 Å². The number of nitrogens with one attached hydrogen (secondary N) is 4. The molecule has 2 saturated heterocycles. The summed E-state index contributed by atoms with van der Waals surface area (Å²) in [6.07, 6.45) is 5.33. The van der Waals surface area contributed by atoms with E-state index in [1.165, 1.54) is 12.0 Å². The number of piperidine rings is 2. The largest absolute Gasteiger partial charge is 0.480 e. The van der Waals surface area contributed by atoms with Crippen molar-refractivity contribution in [1.82, 2.24) is 31.1 Å². The number of rotatable bonds is 10. The number of carbonyl (C=O) groups excluding carboxylic acids is 5. The maximum atomic E-state index is 13.8. The topological polar surface area (TPSA) is 255 Å². The number of hydrogen-bond acceptors (Lipinski definition) is 11. The minimum Gasteiger partial charge on any atom is -0.480 e. The number of esters is 1. The molecule has 0 aromatic carbocycles. The van der Waals surface area contributed by atoms with E-state index in [1.807, 2.05) is 55.4 Å². The van der Waals surface area contributed by atoms with Gasteiger partial charge in [-0.25, -0.2) is 36.0 Å². The summed E-state index contributed by atoms with van der Waals surface area (Å²) >= 11 is 0. The molecular weight excluding hydrogens is 953 g/mol. The van der Waals surface area contributed by atoms with Gasteiger partial charge in [0.2, 0.25) is 11.8 Å². The Hall–Kier alpha value is -3.68. The minimum atomic E-state index is -3.49. The fourth-order valence-corrected chi connectivity index (χ4v) is 16.2. The molecule has 71 heavy (non-hydrogen) atoms. The van der Waals surface area contributed by atoms with E-state index in [4.69, 9.17) is 4.74 Å². The molecule has 20 heteroatoms. The Bertz CT molecular complexity index is 2290. The summed E-state index contributed by atoms with van der Waals surface area (Å²) in [6, 6.07) is -5.66. The van der Waals surface area contributed by atoms with Crippen LogP contribution < -0.4 is 21.3 Å². The maximum absolute atomic E-state index is 13.8. The Labute approximate surface area is 424 Å². The van der Waals surface area contributed by atoms with E-state index in [0.29, 0.717) is 38.8 Å². The molecule has 6 fully saturated rings. The average Bonchev–Trinajstić information content (AvgIpc) is 3.68. The van der Waals surface area contributed by atoms with Gasteiger partial charge in [-0.15, -0.1) is 0 Å². The van der Waals surface area contributed by atoms with Gasteiger partial charge in [0.15, 0.2) is 19.7 Å². The van der Waals surface area contributed by atoms with Crippen molar-refractivity contribution >= 4 is 55.5 Å². The van der Waals surface area contributed by atoms with Crippen molar-refractivity contribution < 1.29 is 55.4 Å². The third-order valence-electron chi connectivity index (χ3n) is 17.0. The Balaban J connectivity index is 0.000000264. The van der Waals surface area contributed by atoms with Crippen molar-refractivity contribution in [2.75, 3.05) is 20.2 Å². The van der Waals surface area contributed by atoms with Crippen LogP contribution in [0, 0.1) is 45.3 Å². The van der Waals surface area contributed by atoms with Gasteiger partial charge < -0.3 is 40.9 Å². The van der Waals surface area contributed by atoms with E-state index in [9.17, 15) is 50.7 Å². The summed E-state index contributed by atoms with van der Waals surface area (Å²) in [7, 11) is -5.65. The summed E-state index contributed by atoms with van der Waals surface area (Å²) < 4.78 is 55.9. The number of urea groups is 2. The number of carbonyl (C=O) groups is 6. The Kier molecular flexibility index (Phi) is 16.3. The third-order valence-corrected chi connectivity index (χ3v) is 23.1. The highest BCUT2D eigenvalue weighted by Crippen LogP contribution is 2.66. The van der Waals surface area contributed by atoms with Crippen LogP contribution in [-0.2, 0) is 43.6 Å². The zero-order valence-electron chi connectivity index (χ0n) is 45.6. The van der Waals surface area contributed by atoms with E-state index in [0.717, 1.165) is 25.7 Å². The SMILES string of the molecule is CC(C)(C)[C@H](NC(=O)N[C@H]1CCCC[C@H]1S(=O)(=O)C(C)(C)C)C(=O)N1C[C@H]2[C@@H]([C@H]1C(=O)O)C2(C)C.COC(=O)[C@@H]1[C@@H]2[C@H](CN1C(=O)[C@@H](NC(=O)N[C@H]1CCCC[C@H]1S(=O)(=O)C(C)(C)C)C(C)(C)C)C2(C)C. The quantitative estimate of drug-likeness (QED) is 0.166. The number of hydrogen-bond donors (Lipinski definition) is 5. The van der Waals surface area contributed by atoms with Crippen LogP contribution in [0.1, 0.15) is 162 Å². The van der Waals surface area contributed by atoms with Gasteiger partial charge in [-0.05, 0) is 101 Å². The zero-order chi connectivity index (χ0) is 54.2. The van der Waals surface area contributed by atoms with Crippen molar-refractivity contribution in [2.24, 2.45) is 45.3 Å². The number of methoxy groups -OCH3 is 1. The van der Waals surface area contributed by atoms with Crippen molar-refractivity contribution in [3.8, 4) is 0 Å². The number of aliphatic carboxylic acids is 1. The van der Waals surface area contributed by atoms with E-state index in [1.54, 1.807) is 46.4 Å². The molecule has 0 aromatic rings. The molecule has 0 spiro atoms. The monoisotopic (exact) mass is 1040 g/mol. The maximum Gasteiger partial charge on any atom is 0.328 e. The second-order valence-corrected chi connectivity index (χ2v) is 32.5. The van der Waals surface area contributed by atoms with Gasteiger partial charge in [0, 0.05) is 37.0 Å². The number of nitrogens with zero attached hydrogens (tertiary/aromatic N) is 2. The molecule has 406 valence electrons. The van der Waals surface area contributed by atoms with Crippen LogP contribution in [0.5, 0.6) is 0 Å². The lowest BCUT2D eigenvalue weighted by Crippen LogP contribution is -2.61. The van der Waals surface area contributed by atoms with E-state index in [2.05, 4.69) is 35.1 Å². The molecule has 2 aliphatic heterocycles. The van der Waals surface area contributed by atoms with Crippen LogP contribution in [-0.4, -0.2) is 144 Å². The molecular formula is C51H88N6O12S2. The fourth-order valence-electron chi connectivity index (χ4n) is 12.2. The second-order valence-electron chi connectivity index (χ2n) is 26.6. The number of carboxylic acids is 1. The van der Waals surface area contributed by atoms with Crippen LogP contribution in [0.25, 0.3) is 0 Å². The van der Waals surface area contributed by atoms with Gasteiger partial charge in [-0.3, -0.25) is 9.59 Å². The zero-order valence-corrected chi connectivity index (χ0v) is 47.3. The first-order valence-electron chi connectivity index (χ1n) is 25.7. The Morgan fingerprint density at radius 1 is 0.563 bits per heavy atom. The predicted molar refractivity (Wildman–Crippen MR) is 271 cm³/mol. The number of ether oxygens (including phenoxy) is 1. The lowest BCUT2D eigenvalue weighted by molar-refractivity contribution is -0.154. The molecule has 0 radical (unpaired) electrons. The van der Waals surface area contributed by atoms with Crippen LogP contribution in [0.2, 0.25) is 0 Å². The van der Waals surface area contributed by atoms with E-state index < -0.39 is 117 Å². The molecule has 2 heterocycles. The lowest BCUT2D eigenvalue weighted by atomic mass is 9.85. The van der Waals surface area contributed by atoms with Crippen molar-refractivity contribution in [1.29, 1.82) is 0 Å². The van der Waals surface area contributed by atoms with Crippen LogP contribution in [0.15, 0.2) is 0 Å². The second kappa shape index (κ2) is 19.9. The van der Waals surface area contributed by atoms with Crippen LogP contribution in [0.4, 0.5) is 9.59 Å². The molecule has 0 bridgehead atoms. The molecule has 6 amide bonds. The minimum absolute atomic E-state index is 0.0355. The summed E-state index contributed by atoms with van der Waals surface area (Å²) in [5.41, 5.74) is -1.47. The summed E-state index contributed by atoms with van der Waals surface area (Å²) in [5, 5.41) is 19.8. The normalized spacial score (nSPS) is 31.0. The number of likely N-dealkylation sites (tertiary alicyclic amines) is 2. The highest BCUT2D eigenvalue weighted by atomic mass is 32.2. The van der Waals surface area contributed by atoms with E-state index in [-0.39, 0.29) is 40.4 Å². The first kappa shape index (κ1) is 58.2. The standard InChI is InChI=1S/C26H45N3O6S.C25H43N3O6S/c1-24(2,3)20(21(30)29-14-15-18(26(15,7)8)19(29)22(31)35-9)28-23(32)27-16-12-10-11-13-17(16)36(33,34)25(4,5)6;1-23(2,3)19(20(29)28-13-14-17(25(14,7)8)18(28)21(30)31)27-22(32)26-15-11-9-10-12-16(15)35(33,34)24(4,5)6/h15-20H,10-14H2,1-9H3,(H2,27,28,32);14-19H,9-13H2,1-8H3,(H,30,31)(H2,26,27,32)/t15-,16-,17+,18-,19-,20+;14-,15-,16+,17-,18-,19+/m00/s1. The van der Waals surface area contributed by atoms with Crippen molar-refractivity contribution in [3.63, 3.8) is 0 Å². The number of sulfone groups is 2. The smallest absolute Gasteiger partial charge is 0.328 e. The molecule has 4 saturated carbocycles. The van der Waals surface area contributed by atoms with Gasteiger partial charge in [0.05, 0.1) is 27.1 Å². The van der Waals surface area contributed by atoms with Gasteiger partial charge in [0.1, 0.15) is 24.2 Å².